The molecule has 2 heteroatoms. The van der Waals surface area contributed by atoms with Crippen molar-refractivity contribution in [1.82, 2.24) is 0 Å². The molecule has 1 aromatic rings. The summed E-state index contributed by atoms with van der Waals surface area (Å²) in [5.74, 6) is 0.625. The molecule has 1 rings (SSSR count). The van der Waals surface area contributed by atoms with Crippen molar-refractivity contribution in [2.24, 2.45) is 5.41 Å². The Kier molecular flexibility index (Phi) is 11.9. The van der Waals surface area contributed by atoms with Gasteiger partial charge in [-0.05, 0) is 28.9 Å². The fourth-order valence-corrected chi connectivity index (χ4v) is 3.47. The van der Waals surface area contributed by atoms with Crippen molar-refractivity contribution in [1.29, 1.82) is 0 Å². The molecule has 0 bridgehead atoms. The summed E-state index contributed by atoms with van der Waals surface area (Å²) in [6.07, 6.45) is 12.2. The first-order chi connectivity index (χ1) is 12.9. The number of hydrogen-bond acceptors (Lipinski definition) is 2. The van der Waals surface area contributed by atoms with E-state index in [-0.39, 0.29) is 18.1 Å². The highest BCUT2D eigenvalue weighted by molar-refractivity contribution is 5.24. The highest BCUT2D eigenvalue weighted by Gasteiger charge is 2.24. The normalized spacial score (nSPS) is 14.3. The van der Waals surface area contributed by atoms with E-state index in [0.29, 0.717) is 12.5 Å². The van der Waals surface area contributed by atoms with E-state index in [1.54, 1.807) is 0 Å². The van der Waals surface area contributed by atoms with Gasteiger partial charge in [-0.15, -0.1) is 0 Å². The molecule has 0 saturated carbocycles. The number of benzene rings is 1. The van der Waals surface area contributed by atoms with Crippen LogP contribution in [0.2, 0.25) is 0 Å². The van der Waals surface area contributed by atoms with Crippen molar-refractivity contribution in [3.8, 4) is 0 Å². The lowest BCUT2D eigenvalue weighted by Gasteiger charge is -2.29. The van der Waals surface area contributed by atoms with E-state index in [9.17, 15) is 5.11 Å². The molecule has 0 amide bonds. The third-order valence-corrected chi connectivity index (χ3v) is 5.62. The number of aliphatic hydroxyl groups excluding tert-OH is 1. The van der Waals surface area contributed by atoms with Crippen LogP contribution in [0.15, 0.2) is 24.3 Å². The monoisotopic (exact) mass is 376 g/mol. The average Bonchev–Trinajstić information content (AvgIpc) is 2.63. The van der Waals surface area contributed by atoms with Crippen LogP contribution in [-0.2, 0) is 11.3 Å². The molecule has 2 atom stereocenters. The van der Waals surface area contributed by atoms with Gasteiger partial charge >= 0.3 is 0 Å². The quantitative estimate of drug-likeness (QED) is 0.347. The molecule has 0 saturated heterocycles. The zero-order valence-corrected chi connectivity index (χ0v) is 18.6. The van der Waals surface area contributed by atoms with Crippen LogP contribution in [0.25, 0.3) is 0 Å². The van der Waals surface area contributed by atoms with Gasteiger partial charge in [0.1, 0.15) is 0 Å². The Morgan fingerprint density at radius 2 is 1.44 bits per heavy atom. The summed E-state index contributed by atoms with van der Waals surface area (Å²) in [6, 6.07) is 8.85. The Labute approximate surface area is 168 Å². The van der Waals surface area contributed by atoms with Gasteiger partial charge in [0, 0.05) is 0 Å². The summed E-state index contributed by atoms with van der Waals surface area (Å²) in [5, 5.41) is 9.51. The maximum Gasteiger partial charge on any atom is 0.0858 e. The summed E-state index contributed by atoms with van der Waals surface area (Å²) < 4.78 is 5.92. The van der Waals surface area contributed by atoms with Crippen molar-refractivity contribution in [3.63, 3.8) is 0 Å². The van der Waals surface area contributed by atoms with E-state index in [4.69, 9.17) is 4.74 Å². The van der Waals surface area contributed by atoms with Gasteiger partial charge in [-0.3, -0.25) is 0 Å². The van der Waals surface area contributed by atoms with Crippen molar-refractivity contribution < 1.29 is 9.84 Å². The second-order valence-electron chi connectivity index (χ2n) is 9.25. The molecule has 27 heavy (non-hydrogen) atoms. The first-order valence-electron chi connectivity index (χ1n) is 11.2. The minimum absolute atomic E-state index is 0.0425. The lowest BCUT2D eigenvalue weighted by atomic mass is 9.89. The van der Waals surface area contributed by atoms with E-state index in [1.165, 1.54) is 68.9 Å². The Morgan fingerprint density at radius 1 is 0.889 bits per heavy atom. The minimum atomic E-state index is -0.127. The predicted octanol–water partition coefficient (Wildman–Crippen LogP) is 7.24. The van der Waals surface area contributed by atoms with Crippen LogP contribution in [0.3, 0.4) is 0 Å². The third kappa shape index (κ3) is 10.3. The molecule has 0 spiro atoms. The average molecular weight is 377 g/mol. The largest absolute Gasteiger partial charge is 0.394 e. The van der Waals surface area contributed by atoms with Crippen molar-refractivity contribution >= 4 is 0 Å². The van der Waals surface area contributed by atoms with Gasteiger partial charge in [0.25, 0.3) is 0 Å². The molecule has 0 aromatic heterocycles. The van der Waals surface area contributed by atoms with Gasteiger partial charge in [0.2, 0.25) is 0 Å². The topological polar surface area (TPSA) is 29.5 Å². The molecule has 0 aliphatic rings. The van der Waals surface area contributed by atoms with Gasteiger partial charge in [0.15, 0.2) is 0 Å². The maximum atomic E-state index is 9.51. The smallest absolute Gasteiger partial charge is 0.0858 e. The van der Waals surface area contributed by atoms with Gasteiger partial charge in [-0.25, -0.2) is 0 Å². The first-order valence-corrected chi connectivity index (χ1v) is 11.2. The molecule has 156 valence electrons. The molecular formula is C25H44O2. The van der Waals surface area contributed by atoms with Crippen LogP contribution in [0.4, 0.5) is 0 Å². The highest BCUT2D eigenvalue weighted by atomic mass is 16.5. The fraction of sp³-hybridized carbons (Fsp3) is 0.760. The van der Waals surface area contributed by atoms with Crippen LogP contribution in [0.5, 0.6) is 0 Å². The van der Waals surface area contributed by atoms with E-state index in [0.717, 1.165) is 0 Å². The van der Waals surface area contributed by atoms with Gasteiger partial charge < -0.3 is 9.84 Å². The second kappa shape index (κ2) is 13.3. The highest BCUT2D eigenvalue weighted by Crippen LogP contribution is 2.25. The fourth-order valence-electron chi connectivity index (χ4n) is 3.47. The Balaban J connectivity index is 2.28. The number of rotatable bonds is 14. The summed E-state index contributed by atoms with van der Waals surface area (Å²) in [4.78, 5) is 0. The SMILES string of the molecule is CCCCCCCCCCC(C)c1ccc(COC(CO)C(C)(C)C)cc1. The number of ether oxygens (including phenoxy) is 1. The van der Waals surface area contributed by atoms with Crippen LogP contribution < -0.4 is 0 Å². The lowest BCUT2D eigenvalue weighted by molar-refractivity contribution is -0.0581. The molecule has 2 unspecified atom stereocenters. The molecule has 0 aliphatic heterocycles. The Hall–Kier alpha value is -0.860. The van der Waals surface area contributed by atoms with E-state index in [2.05, 4.69) is 58.9 Å². The molecule has 0 aliphatic carbocycles. The van der Waals surface area contributed by atoms with Gasteiger partial charge in [-0.1, -0.05) is 110 Å². The molecule has 0 heterocycles. The Bertz CT molecular complexity index is 472. The summed E-state index contributed by atoms with van der Waals surface area (Å²) >= 11 is 0. The standard InChI is InChI=1S/C25H44O2/c1-6-7-8-9-10-11-12-13-14-21(2)23-17-15-22(16-18-23)20-27-24(19-26)25(3,4)5/h15-18,21,24,26H,6-14,19-20H2,1-5H3. The van der Waals surface area contributed by atoms with Crippen LogP contribution in [0, 0.1) is 5.41 Å². The van der Waals surface area contributed by atoms with Gasteiger partial charge in [0.05, 0.1) is 19.3 Å². The van der Waals surface area contributed by atoms with E-state index in [1.807, 2.05) is 0 Å². The molecule has 0 radical (unpaired) electrons. The van der Waals surface area contributed by atoms with Gasteiger partial charge in [-0.2, -0.15) is 0 Å². The molecule has 1 N–H and O–H groups in total. The second-order valence-corrected chi connectivity index (χ2v) is 9.25. The number of unbranched alkanes of at least 4 members (excludes halogenated alkanes) is 7. The zero-order valence-electron chi connectivity index (χ0n) is 18.6. The summed E-state index contributed by atoms with van der Waals surface area (Å²) in [6.45, 7) is 11.6. The van der Waals surface area contributed by atoms with E-state index < -0.39 is 0 Å². The molecule has 2 nitrogen and oxygen atoms in total. The molecule has 0 fully saturated rings. The predicted molar refractivity (Wildman–Crippen MR) is 117 cm³/mol. The number of aliphatic hydroxyl groups is 1. The maximum absolute atomic E-state index is 9.51. The first kappa shape index (κ1) is 24.2. The van der Waals surface area contributed by atoms with Crippen molar-refractivity contribution in [3.05, 3.63) is 35.4 Å². The molecule has 1 aromatic carbocycles. The van der Waals surface area contributed by atoms with Crippen molar-refractivity contribution in [2.45, 2.75) is 111 Å². The zero-order chi connectivity index (χ0) is 20.1. The van der Waals surface area contributed by atoms with Crippen LogP contribution in [-0.4, -0.2) is 17.8 Å². The minimum Gasteiger partial charge on any atom is -0.394 e. The summed E-state index contributed by atoms with van der Waals surface area (Å²) in [7, 11) is 0. The Morgan fingerprint density at radius 3 is 1.96 bits per heavy atom. The number of hydrogen-bond donors (Lipinski definition) is 1. The van der Waals surface area contributed by atoms with Crippen LogP contribution >= 0.6 is 0 Å². The van der Waals surface area contributed by atoms with Crippen LogP contribution in [0.1, 0.15) is 109 Å². The summed E-state index contributed by atoms with van der Waals surface area (Å²) in [5.41, 5.74) is 2.57. The third-order valence-electron chi connectivity index (χ3n) is 5.62. The molecular weight excluding hydrogens is 332 g/mol. The van der Waals surface area contributed by atoms with E-state index >= 15 is 0 Å². The lowest BCUT2D eigenvalue weighted by Crippen LogP contribution is -2.32. The van der Waals surface area contributed by atoms with Crippen molar-refractivity contribution in [2.75, 3.05) is 6.61 Å².